The van der Waals surface area contributed by atoms with Crippen LogP contribution >= 0.6 is 11.8 Å². The molecule has 1 N–H and O–H groups in total. The van der Waals surface area contributed by atoms with E-state index in [1.165, 1.54) is 0 Å². The zero-order chi connectivity index (χ0) is 20.1. The first kappa shape index (κ1) is 20.2. The summed E-state index contributed by atoms with van der Waals surface area (Å²) < 4.78 is 34.0. The molecular weight excluding hydrogens is 398 g/mol. The second-order valence-electron chi connectivity index (χ2n) is 6.03. The number of ether oxygens (including phenoxy) is 1. The van der Waals surface area contributed by atoms with Crippen LogP contribution in [0, 0.1) is 0 Å². The third kappa shape index (κ3) is 4.48. The number of thioether (sulfide) groups is 1. The van der Waals surface area contributed by atoms with Crippen LogP contribution in [0.4, 0.5) is 11.4 Å². The van der Waals surface area contributed by atoms with Gasteiger partial charge in [-0.25, -0.2) is 0 Å². The Hall–Kier alpha value is -2.52. The summed E-state index contributed by atoms with van der Waals surface area (Å²) in [4.78, 5) is 14.3. The van der Waals surface area contributed by atoms with Crippen molar-refractivity contribution in [3.63, 3.8) is 0 Å². The topological polar surface area (TPSA) is 88.1 Å². The van der Waals surface area contributed by atoms with E-state index in [9.17, 15) is 13.2 Å². The van der Waals surface area contributed by atoms with E-state index in [1.807, 2.05) is 11.8 Å². The molecule has 1 heterocycles. The van der Waals surface area contributed by atoms with Crippen molar-refractivity contribution in [1.82, 2.24) is 0 Å². The number of amidine groups is 1. The summed E-state index contributed by atoms with van der Waals surface area (Å²) in [7, 11) is -2.20. The van der Waals surface area contributed by atoms with Crippen molar-refractivity contribution >= 4 is 44.2 Å². The molecule has 2 aromatic carbocycles. The van der Waals surface area contributed by atoms with Gasteiger partial charge in [-0.15, -0.1) is 4.40 Å². The summed E-state index contributed by atoms with van der Waals surface area (Å²) in [5.41, 5.74) is 1.23. The second kappa shape index (κ2) is 8.66. The number of carbonyl (C=O) groups is 1. The monoisotopic (exact) mass is 419 g/mol. The van der Waals surface area contributed by atoms with Crippen molar-refractivity contribution in [2.75, 3.05) is 29.6 Å². The maximum Gasteiger partial charge on any atom is 0.286 e. The molecule has 1 aliphatic heterocycles. The van der Waals surface area contributed by atoms with Crippen molar-refractivity contribution in [2.24, 2.45) is 4.40 Å². The van der Waals surface area contributed by atoms with Gasteiger partial charge in [-0.1, -0.05) is 30.8 Å². The summed E-state index contributed by atoms with van der Waals surface area (Å²) in [6, 6.07) is 13.8. The first-order valence-corrected chi connectivity index (χ1v) is 11.2. The number of para-hydroxylation sites is 1. The summed E-state index contributed by atoms with van der Waals surface area (Å²) >= 11 is 1.11. The Morgan fingerprint density at radius 2 is 1.89 bits per heavy atom. The van der Waals surface area contributed by atoms with Crippen LogP contribution in [0.15, 0.2) is 57.8 Å². The number of carbonyl (C=O) groups excluding carboxylic acids is 1. The number of nitrogens with one attached hydrogen (secondary N) is 1. The molecule has 0 spiro atoms. The summed E-state index contributed by atoms with van der Waals surface area (Å²) in [6.45, 7) is 2.61. The molecule has 28 heavy (non-hydrogen) atoms. The average molecular weight is 420 g/mol. The van der Waals surface area contributed by atoms with E-state index in [2.05, 4.69) is 9.71 Å². The number of methoxy groups -OCH3 is 1. The molecule has 0 fully saturated rings. The molecule has 0 saturated heterocycles. The lowest BCUT2D eigenvalue weighted by molar-refractivity contribution is -0.113. The summed E-state index contributed by atoms with van der Waals surface area (Å²) in [6.07, 6.45) is 0.812. The highest BCUT2D eigenvalue weighted by molar-refractivity contribution is 8.15. The van der Waals surface area contributed by atoms with Crippen LogP contribution in [-0.4, -0.2) is 38.9 Å². The highest BCUT2D eigenvalue weighted by Crippen LogP contribution is 2.34. The number of nitrogens with zero attached hydrogens (tertiary/aromatic N) is 2. The van der Waals surface area contributed by atoms with Crippen LogP contribution in [-0.2, 0) is 14.8 Å². The fourth-order valence-corrected chi connectivity index (χ4v) is 5.03. The lowest BCUT2D eigenvalue weighted by Crippen LogP contribution is -2.35. The number of rotatable bonds is 6. The Bertz CT molecular complexity index is 988. The Labute approximate surface area is 168 Å². The van der Waals surface area contributed by atoms with Crippen LogP contribution in [0.5, 0.6) is 5.75 Å². The number of sulfonamides is 1. The van der Waals surface area contributed by atoms with Crippen molar-refractivity contribution in [2.45, 2.75) is 18.2 Å². The molecule has 0 radical (unpaired) electrons. The third-order valence-corrected chi connectivity index (χ3v) is 6.42. The van der Waals surface area contributed by atoms with E-state index in [-0.39, 0.29) is 16.6 Å². The molecule has 7 nitrogen and oxygen atoms in total. The molecule has 3 rings (SSSR count). The van der Waals surface area contributed by atoms with Crippen LogP contribution in [0.3, 0.4) is 0 Å². The first-order valence-electron chi connectivity index (χ1n) is 8.73. The maximum atomic E-state index is 12.5. The van der Waals surface area contributed by atoms with Gasteiger partial charge in [0.2, 0.25) is 5.91 Å². The van der Waals surface area contributed by atoms with Crippen LogP contribution in [0.25, 0.3) is 0 Å². The minimum absolute atomic E-state index is 0.0444. The number of benzene rings is 2. The van der Waals surface area contributed by atoms with Gasteiger partial charge in [0.05, 0.1) is 18.6 Å². The Kier molecular flexibility index (Phi) is 6.25. The minimum atomic E-state index is -3.78. The molecule has 0 bridgehead atoms. The molecule has 148 valence electrons. The normalized spacial score (nSPS) is 14.8. The van der Waals surface area contributed by atoms with Crippen molar-refractivity contribution in [3.05, 3.63) is 48.5 Å². The van der Waals surface area contributed by atoms with Crippen LogP contribution < -0.4 is 15.0 Å². The Balaban J connectivity index is 1.73. The van der Waals surface area contributed by atoms with Crippen LogP contribution in [0.2, 0.25) is 0 Å². The maximum absolute atomic E-state index is 12.5. The van der Waals surface area contributed by atoms with E-state index in [0.29, 0.717) is 28.8 Å². The molecular formula is C19H21N3O4S2. The number of anilines is 2. The summed E-state index contributed by atoms with van der Waals surface area (Å²) in [5.74, 6) is 0.497. The van der Waals surface area contributed by atoms with E-state index in [4.69, 9.17) is 4.74 Å². The standard InChI is InChI=1S/C19H21N3O4S2/c1-3-12-22-16-6-4-5-7-17(16)28(24,25)21-19(22)27-13-18(23)20-14-8-10-15(26-2)11-9-14/h4-11H,3,12-13H2,1-2H3,(H,20,23). The first-order chi connectivity index (χ1) is 13.4. The molecule has 0 unspecified atom stereocenters. The number of amides is 1. The van der Waals surface area contributed by atoms with Crippen molar-refractivity contribution in [1.29, 1.82) is 0 Å². The molecule has 9 heteroatoms. The van der Waals surface area contributed by atoms with Gasteiger partial charge in [0.15, 0.2) is 5.17 Å². The Morgan fingerprint density at radius 1 is 1.18 bits per heavy atom. The predicted molar refractivity (Wildman–Crippen MR) is 113 cm³/mol. The van der Waals surface area contributed by atoms with E-state index < -0.39 is 10.0 Å². The molecule has 0 atom stereocenters. The number of hydrogen-bond donors (Lipinski definition) is 1. The van der Waals surface area contributed by atoms with Gasteiger partial charge in [0.25, 0.3) is 10.0 Å². The molecule has 1 aliphatic rings. The lowest BCUT2D eigenvalue weighted by atomic mass is 10.3. The molecule has 0 aliphatic carbocycles. The van der Waals surface area contributed by atoms with Crippen LogP contribution in [0.1, 0.15) is 13.3 Å². The van der Waals surface area contributed by atoms with Gasteiger partial charge in [-0.2, -0.15) is 8.42 Å². The van der Waals surface area contributed by atoms with Gasteiger partial charge in [0.1, 0.15) is 10.6 Å². The predicted octanol–water partition coefficient (Wildman–Crippen LogP) is 3.34. The van der Waals surface area contributed by atoms with Crippen molar-refractivity contribution < 1.29 is 17.9 Å². The third-order valence-electron chi connectivity index (χ3n) is 4.02. The van der Waals surface area contributed by atoms with E-state index in [1.54, 1.807) is 55.6 Å². The largest absolute Gasteiger partial charge is 0.497 e. The van der Waals surface area contributed by atoms with Gasteiger partial charge in [0, 0.05) is 12.2 Å². The highest BCUT2D eigenvalue weighted by atomic mass is 32.2. The number of hydrogen-bond acceptors (Lipinski definition) is 6. The van der Waals surface area contributed by atoms with Gasteiger partial charge >= 0.3 is 0 Å². The van der Waals surface area contributed by atoms with Gasteiger partial charge in [-0.3, -0.25) is 4.79 Å². The second-order valence-corrected chi connectivity index (χ2v) is 8.55. The van der Waals surface area contributed by atoms with E-state index in [0.717, 1.165) is 18.2 Å². The fraction of sp³-hybridized carbons (Fsp3) is 0.263. The number of fused-ring (bicyclic) bond motifs is 1. The Morgan fingerprint density at radius 3 is 2.57 bits per heavy atom. The average Bonchev–Trinajstić information content (AvgIpc) is 2.69. The molecule has 2 aromatic rings. The van der Waals surface area contributed by atoms with Gasteiger partial charge in [-0.05, 0) is 42.8 Å². The molecule has 0 saturated carbocycles. The smallest absolute Gasteiger partial charge is 0.286 e. The summed E-state index contributed by atoms with van der Waals surface area (Å²) in [5, 5.41) is 3.09. The zero-order valence-corrected chi connectivity index (χ0v) is 17.2. The highest BCUT2D eigenvalue weighted by Gasteiger charge is 2.30. The fourth-order valence-electron chi connectivity index (χ4n) is 2.75. The molecule has 1 amide bonds. The zero-order valence-electron chi connectivity index (χ0n) is 15.6. The SMILES string of the molecule is CCCN1C(SCC(=O)Nc2ccc(OC)cc2)=NS(=O)(=O)c2ccccc21. The van der Waals surface area contributed by atoms with Gasteiger partial charge < -0.3 is 15.0 Å². The van der Waals surface area contributed by atoms with Crippen molar-refractivity contribution in [3.8, 4) is 5.75 Å². The quantitative estimate of drug-likeness (QED) is 0.773. The van der Waals surface area contributed by atoms with E-state index >= 15 is 0 Å². The minimum Gasteiger partial charge on any atom is -0.497 e. The lowest BCUT2D eigenvalue weighted by Gasteiger charge is -2.29. The molecule has 0 aromatic heterocycles.